The molecule has 0 aliphatic carbocycles. The molecule has 2 aromatic heterocycles. The second-order valence-electron chi connectivity index (χ2n) is 8.93. The molecule has 5 rings (SSSR count). The molecule has 2 aliphatic rings. The number of ether oxygens (including phenoxy) is 1. The molecule has 2 fully saturated rings. The summed E-state index contributed by atoms with van der Waals surface area (Å²) in [5, 5.41) is 13.7. The number of hydrogen-bond donors (Lipinski definition) is 2. The van der Waals surface area contributed by atoms with Gasteiger partial charge in [-0.3, -0.25) is 4.98 Å². The molecule has 0 amide bonds. The van der Waals surface area contributed by atoms with Gasteiger partial charge in [-0.1, -0.05) is 12.1 Å². The lowest BCUT2D eigenvalue weighted by atomic mass is 9.96. The monoisotopic (exact) mass is 476 g/mol. The molecule has 0 saturated carbocycles. The van der Waals surface area contributed by atoms with Crippen LogP contribution in [0.4, 0.5) is 0 Å². The summed E-state index contributed by atoms with van der Waals surface area (Å²) < 4.78 is 8.06. The van der Waals surface area contributed by atoms with E-state index in [0.29, 0.717) is 5.11 Å². The van der Waals surface area contributed by atoms with E-state index in [1.807, 2.05) is 31.2 Å². The third-order valence-corrected chi connectivity index (χ3v) is 7.11. The molecule has 0 spiro atoms. The van der Waals surface area contributed by atoms with Gasteiger partial charge in [0.1, 0.15) is 0 Å². The van der Waals surface area contributed by atoms with Gasteiger partial charge in [0, 0.05) is 36.4 Å². The number of benzene rings is 1. The first-order valence-electron chi connectivity index (χ1n) is 11.6. The van der Waals surface area contributed by atoms with Gasteiger partial charge in [-0.25, -0.2) is 4.79 Å². The topological polar surface area (TPSA) is 79.6 Å². The third kappa shape index (κ3) is 4.08. The van der Waals surface area contributed by atoms with Crippen LogP contribution >= 0.6 is 12.2 Å². The van der Waals surface area contributed by atoms with E-state index in [4.69, 9.17) is 17.0 Å². The fourth-order valence-corrected chi connectivity index (χ4v) is 5.53. The van der Waals surface area contributed by atoms with E-state index in [1.54, 1.807) is 24.4 Å². The van der Waals surface area contributed by atoms with Crippen LogP contribution in [0.5, 0.6) is 0 Å². The Morgan fingerprint density at radius 3 is 2.79 bits per heavy atom. The van der Waals surface area contributed by atoms with Crippen molar-refractivity contribution in [2.24, 2.45) is 0 Å². The Balaban J connectivity index is 1.59. The van der Waals surface area contributed by atoms with E-state index >= 15 is 0 Å². The fourth-order valence-electron chi connectivity index (χ4n) is 5.21. The van der Waals surface area contributed by atoms with E-state index < -0.39 is 5.97 Å². The van der Waals surface area contributed by atoms with Gasteiger partial charge in [-0.05, 0) is 80.9 Å². The van der Waals surface area contributed by atoms with Gasteiger partial charge >= 0.3 is 5.97 Å². The minimum atomic E-state index is -0.937. The maximum atomic E-state index is 11.6. The number of rotatable bonds is 6. The van der Waals surface area contributed by atoms with Crippen LogP contribution in [-0.2, 0) is 4.74 Å². The van der Waals surface area contributed by atoms with Gasteiger partial charge in [0.2, 0.25) is 0 Å². The Labute approximate surface area is 204 Å². The quantitative estimate of drug-likeness (QED) is 0.513. The van der Waals surface area contributed by atoms with Gasteiger partial charge in [0.05, 0.1) is 29.4 Å². The lowest BCUT2D eigenvalue weighted by Crippen LogP contribution is -2.36. The Hall–Kier alpha value is -3.23. The van der Waals surface area contributed by atoms with Crippen LogP contribution in [0.15, 0.2) is 54.7 Å². The summed E-state index contributed by atoms with van der Waals surface area (Å²) in [5.74, 6) is -0.937. The van der Waals surface area contributed by atoms with Gasteiger partial charge in [0.25, 0.3) is 0 Å². The average molecular weight is 477 g/mol. The molecule has 8 heteroatoms. The fraction of sp³-hybridized carbons (Fsp3) is 0.346. The Morgan fingerprint density at radius 2 is 2.09 bits per heavy atom. The highest BCUT2D eigenvalue weighted by atomic mass is 32.1. The number of nitrogens with zero attached hydrogens (tertiary/aromatic N) is 3. The molecule has 1 aromatic carbocycles. The number of carbonyl (C=O) groups is 1. The van der Waals surface area contributed by atoms with Crippen molar-refractivity contribution >= 4 is 23.3 Å². The number of pyridine rings is 1. The number of thiocarbonyl (C=S) groups is 1. The Kier molecular flexibility index (Phi) is 6.10. The van der Waals surface area contributed by atoms with Gasteiger partial charge in [0.15, 0.2) is 5.11 Å². The number of aryl methyl sites for hydroxylation is 1. The highest BCUT2D eigenvalue weighted by molar-refractivity contribution is 7.80. The molecule has 4 heterocycles. The predicted octanol–water partition coefficient (Wildman–Crippen LogP) is 4.34. The smallest absolute Gasteiger partial charge is 0.335 e. The SMILES string of the molecule is Cc1cc(C2C(c3ccccn3)NC(=S)N2CC2CCCO2)c(C)n1-c1cccc(C(=O)O)c1. The minimum Gasteiger partial charge on any atom is -0.478 e. The van der Waals surface area contributed by atoms with Gasteiger partial charge < -0.3 is 24.6 Å². The van der Waals surface area contributed by atoms with Crippen molar-refractivity contribution in [3.63, 3.8) is 0 Å². The van der Waals surface area contributed by atoms with Crippen LogP contribution in [0.25, 0.3) is 5.69 Å². The first-order chi connectivity index (χ1) is 16.4. The standard InChI is InChI=1S/C26H28N4O3S/c1-16-13-21(17(2)30(16)19-8-5-7-18(14-19)25(31)32)24-23(22-10-3-4-11-27-22)28-26(34)29(24)15-20-9-6-12-33-20/h3-5,7-8,10-11,13-14,20,23-24H,6,9,12,15H2,1-2H3,(H,28,34)(H,31,32). The molecule has 3 unspecified atom stereocenters. The lowest BCUT2D eigenvalue weighted by molar-refractivity contribution is 0.0696. The number of hydrogen-bond acceptors (Lipinski definition) is 4. The lowest BCUT2D eigenvalue weighted by Gasteiger charge is -2.30. The molecule has 3 atom stereocenters. The zero-order valence-corrected chi connectivity index (χ0v) is 20.1. The van der Waals surface area contributed by atoms with E-state index in [0.717, 1.165) is 54.3 Å². The summed E-state index contributed by atoms with van der Waals surface area (Å²) in [7, 11) is 0. The summed E-state index contributed by atoms with van der Waals surface area (Å²) >= 11 is 5.81. The van der Waals surface area contributed by atoms with E-state index in [2.05, 4.69) is 32.8 Å². The largest absolute Gasteiger partial charge is 0.478 e. The summed E-state index contributed by atoms with van der Waals surface area (Å²) in [6, 6.07) is 15.0. The second kappa shape index (κ2) is 9.19. The molecule has 2 aliphatic heterocycles. The zero-order valence-electron chi connectivity index (χ0n) is 19.3. The van der Waals surface area contributed by atoms with Crippen molar-refractivity contribution in [3.8, 4) is 5.69 Å². The van der Waals surface area contributed by atoms with Crippen molar-refractivity contribution in [3.05, 3.63) is 82.9 Å². The second-order valence-corrected chi connectivity index (χ2v) is 9.32. The zero-order chi connectivity index (χ0) is 23.8. The molecule has 7 nitrogen and oxygen atoms in total. The predicted molar refractivity (Wildman–Crippen MR) is 133 cm³/mol. The van der Waals surface area contributed by atoms with Crippen molar-refractivity contribution in [2.75, 3.05) is 13.2 Å². The van der Waals surface area contributed by atoms with E-state index in [1.165, 1.54) is 0 Å². The van der Waals surface area contributed by atoms with Crippen molar-refractivity contribution in [1.29, 1.82) is 0 Å². The maximum Gasteiger partial charge on any atom is 0.335 e. The van der Waals surface area contributed by atoms with Gasteiger partial charge in [-0.15, -0.1) is 0 Å². The summed E-state index contributed by atoms with van der Waals surface area (Å²) in [6.45, 7) is 5.64. The maximum absolute atomic E-state index is 11.6. The Bertz CT molecular complexity index is 1220. The summed E-state index contributed by atoms with van der Waals surface area (Å²) in [5.41, 5.74) is 5.25. The molecule has 176 valence electrons. The summed E-state index contributed by atoms with van der Waals surface area (Å²) in [6.07, 6.45) is 4.06. The summed E-state index contributed by atoms with van der Waals surface area (Å²) in [4.78, 5) is 18.4. The van der Waals surface area contributed by atoms with Crippen LogP contribution in [0.1, 0.15) is 57.9 Å². The van der Waals surface area contributed by atoms with Crippen LogP contribution in [0.3, 0.4) is 0 Å². The molecular weight excluding hydrogens is 448 g/mol. The van der Waals surface area contributed by atoms with Crippen LogP contribution in [-0.4, -0.2) is 49.9 Å². The molecule has 0 bridgehead atoms. The number of nitrogens with one attached hydrogen (secondary N) is 1. The molecule has 34 heavy (non-hydrogen) atoms. The first kappa shape index (κ1) is 22.6. The molecule has 0 radical (unpaired) electrons. The normalized spacial score (nSPS) is 22.2. The van der Waals surface area contributed by atoms with Crippen molar-refractivity contribution in [1.82, 2.24) is 19.8 Å². The van der Waals surface area contributed by atoms with Crippen molar-refractivity contribution in [2.45, 2.75) is 44.9 Å². The van der Waals surface area contributed by atoms with E-state index in [9.17, 15) is 9.90 Å². The van der Waals surface area contributed by atoms with Crippen LogP contribution in [0, 0.1) is 13.8 Å². The van der Waals surface area contributed by atoms with Gasteiger partial charge in [-0.2, -0.15) is 0 Å². The minimum absolute atomic E-state index is 0.0609. The van der Waals surface area contributed by atoms with Crippen LogP contribution in [0.2, 0.25) is 0 Å². The average Bonchev–Trinajstić information content (AvgIpc) is 3.53. The molecular formula is C26H28N4O3S. The number of aromatic nitrogens is 2. The number of aromatic carboxylic acids is 1. The third-order valence-electron chi connectivity index (χ3n) is 6.76. The number of carboxylic acids is 1. The number of carboxylic acid groups (broad SMARTS) is 1. The first-order valence-corrected chi connectivity index (χ1v) is 12.0. The molecule has 3 aromatic rings. The highest BCUT2D eigenvalue weighted by Crippen LogP contribution is 2.42. The van der Waals surface area contributed by atoms with Crippen molar-refractivity contribution < 1.29 is 14.6 Å². The Morgan fingerprint density at radius 1 is 1.24 bits per heavy atom. The highest BCUT2D eigenvalue weighted by Gasteiger charge is 2.42. The molecule has 2 N–H and O–H groups in total. The van der Waals surface area contributed by atoms with Crippen LogP contribution < -0.4 is 5.32 Å². The van der Waals surface area contributed by atoms with E-state index in [-0.39, 0.29) is 23.8 Å². The molecule has 2 saturated heterocycles.